The van der Waals surface area contributed by atoms with Crippen LogP contribution >= 0.6 is 0 Å². The molecule has 0 spiro atoms. The second-order valence-corrected chi connectivity index (χ2v) is 2.09. The first-order chi connectivity index (χ1) is 5.52. The Labute approximate surface area is 65.9 Å². The van der Waals surface area contributed by atoms with Crippen molar-refractivity contribution in [1.29, 1.82) is 0 Å². The van der Waals surface area contributed by atoms with E-state index in [4.69, 9.17) is 10.2 Å². The highest BCUT2D eigenvalue weighted by atomic mass is 16.6. The third kappa shape index (κ3) is 1.35. The number of hydrogen-bond acceptors (Lipinski definition) is 5. The van der Waals surface area contributed by atoms with Gasteiger partial charge in [0.25, 0.3) is 6.23 Å². The summed E-state index contributed by atoms with van der Waals surface area (Å²) in [4.78, 5) is 31.0. The van der Waals surface area contributed by atoms with E-state index < -0.39 is 30.2 Å². The second kappa shape index (κ2) is 2.78. The van der Waals surface area contributed by atoms with Gasteiger partial charge in [-0.2, -0.15) is 0 Å². The molecule has 3 N–H and O–H groups in total. The van der Waals surface area contributed by atoms with Gasteiger partial charge in [-0.1, -0.05) is 0 Å². The smallest absolute Gasteiger partial charge is 0.360 e. The lowest BCUT2D eigenvalue weighted by Gasteiger charge is -2.00. The van der Waals surface area contributed by atoms with Crippen molar-refractivity contribution < 1.29 is 29.3 Å². The second-order valence-electron chi connectivity index (χ2n) is 2.09. The summed E-state index contributed by atoms with van der Waals surface area (Å²) in [7, 11) is 0. The minimum Gasteiger partial charge on any atom is -0.480 e. The van der Waals surface area contributed by atoms with Crippen LogP contribution in [0.2, 0.25) is 0 Å². The van der Waals surface area contributed by atoms with Crippen LogP contribution in [-0.2, 0) is 19.1 Å². The van der Waals surface area contributed by atoms with Crippen molar-refractivity contribution in [2.45, 2.75) is 12.3 Å². The normalized spacial score (nSPS) is 28.2. The van der Waals surface area contributed by atoms with E-state index in [1.807, 2.05) is 5.32 Å². The number of hydrogen-bond donors (Lipinski definition) is 3. The molecule has 12 heavy (non-hydrogen) atoms. The zero-order valence-electron chi connectivity index (χ0n) is 5.68. The summed E-state index contributed by atoms with van der Waals surface area (Å²) < 4.78 is 4.17. The summed E-state index contributed by atoms with van der Waals surface area (Å²) in [6.45, 7) is 0. The van der Waals surface area contributed by atoms with Gasteiger partial charge in [-0.3, -0.25) is 0 Å². The number of carbonyl (C=O) groups is 3. The molecule has 0 aliphatic carbocycles. The molecule has 66 valence electrons. The summed E-state index contributed by atoms with van der Waals surface area (Å²) in [5.41, 5.74) is 0. The van der Waals surface area contributed by atoms with Crippen LogP contribution in [0.4, 0.5) is 0 Å². The molecule has 7 nitrogen and oxygen atoms in total. The van der Waals surface area contributed by atoms with Gasteiger partial charge in [-0.05, 0) is 0 Å². The lowest BCUT2D eigenvalue weighted by molar-refractivity contribution is -0.158. The van der Waals surface area contributed by atoms with Crippen molar-refractivity contribution in [2.24, 2.45) is 0 Å². The van der Waals surface area contributed by atoms with Crippen LogP contribution in [0, 0.1) is 0 Å². The van der Waals surface area contributed by atoms with Gasteiger partial charge < -0.3 is 14.9 Å². The van der Waals surface area contributed by atoms with Gasteiger partial charge in [0.2, 0.25) is 6.04 Å². The maximum Gasteiger partial charge on any atom is 0.360 e. The Morgan fingerprint density at radius 3 is 2.17 bits per heavy atom. The summed E-state index contributed by atoms with van der Waals surface area (Å²) in [6, 6.07) is -1.58. The molecule has 0 aromatic rings. The molecule has 1 fully saturated rings. The van der Waals surface area contributed by atoms with E-state index in [0.717, 1.165) is 0 Å². The Bertz CT molecular complexity index is 248. The molecule has 2 unspecified atom stereocenters. The predicted molar refractivity (Wildman–Crippen MR) is 32.1 cm³/mol. The number of carbonyl (C=O) groups excluding carboxylic acids is 1. The topological polar surface area (TPSA) is 113 Å². The van der Waals surface area contributed by atoms with Gasteiger partial charge in [-0.15, -0.1) is 0 Å². The van der Waals surface area contributed by atoms with Crippen LogP contribution in [0.25, 0.3) is 0 Å². The highest BCUT2D eigenvalue weighted by Crippen LogP contribution is 2.04. The molecule has 0 bridgehead atoms. The Morgan fingerprint density at radius 1 is 1.33 bits per heavy atom. The summed E-state index contributed by atoms with van der Waals surface area (Å²) in [5.74, 6) is -3.97. The molecule has 1 rings (SSSR count). The highest BCUT2D eigenvalue weighted by molar-refractivity contribution is 6.01. The third-order valence-corrected chi connectivity index (χ3v) is 1.26. The number of rotatable bonds is 2. The van der Waals surface area contributed by atoms with Gasteiger partial charge in [0.1, 0.15) is 0 Å². The number of aliphatic carboxylic acids is 2. The number of carboxylic acid groups (broad SMARTS) is 2. The van der Waals surface area contributed by atoms with Crippen LogP contribution in [0.15, 0.2) is 0 Å². The van der Waals surface area contributed by atoms with E-state index in [9.17, 15) is 14.4 Å². The molecule has 1 heterocycles. The van der Waals surface area contributed by atoms with E-state index in [2.05, 4.69) is 4.74 Å². The van der Waals surface area contributed by atoms with Gasteiger partial charge in [-0.25, -0.2) is 19.7 Å². The number of ether oxygens (including phenoxy) is 1. The lowest BCUT2D eigenvalue weighted by Crippen LogP contribution is -2.41. The average Bonchev–Trinajstić information content (AvgIpc) is 2.30. The lowest BCUT2D eigenvalue weighted by atomic mass is 10.3. The minimum absolute atomic E-state index is 1.09. The van der Waals surface area contributed by atoms with Crippen molar-refractivity contribution in [3.05, 3.63) is 0 Å². The first kappa shape index (κ1) is 8.47. The first-order valence-corrected chi connectivity index (χ1v) is 2.94. The Kier molecular flexibility index (Phi) is 1.96. The van der Waals surface area contributed by atoms with Gasteiger partial charge in [0.15, 0.2) is 0 Å². The third-order valence-electron chi connectivity index (χ3n) is 1.26. The van der Waals surface area contributed by atoms with Crippen molar-refractivity contribution >= 4 is 17.9 Å². The minimum atomic E-state index is -1.58. The van der Waals surface area contributed by atoms with E-state index in [-0.39, 0.29) is 0 Å². The summed E-state index contributed by atoms with van der Waals surface area (Å²) >= 11 is 0. The number of esters is 1. The molecule has 0 amide bonds. The molecule has 0 aromatic carbocycles. The molecule has 2 atom stereocenters. The molecule has 7 heteroatoms. The SMILES string of the molecule is O=C(O)C1NC(C(=O)O)C(=O)O1. The molecule has 1 saturated heterocycles. The van der Waals surface area contributed by atoms with E-state index >= 15 is 0 Å². The first-order valence-electron chi connectivity index (χ1n) is 2.94. The summed E-state index contributed by atoms with van der Waals surface area (Å²) in [5, 5.41) is 18.6. The Balaban J connectivity index is 2.68. The van der Waals surface area contributed by atoms with Gasteiger partial charge in [0, 0.05) is 0 Å². The fourth-order valence-corrected chi connectivity index (χ4v) is 0.731. The molecule has 1 aliphatic rings. The van der Waals surface area contributed by atoms with E-state index in [0.29, 0.717) is 0 Å². The van der Waals surface area contributed by atoms with Crippen LogP contribution in [0.5, 0.6) is 0 Å². The van der Waals surface area contributed by atoms with Crippen molar-refractivity contribution in [2.75, 3.05) is 0 Å². The quantitative estimate of drug-likeness (QED) is 0.328. The number of carboxylic acids is 2. The fourth-order valence-electron chi connectivity index (χ4n) is 0.731. The van der Waals surface area contributed by atoms with Crippen LogP contribution in [0.1, 0.15) is 0 Å². The predicted octanol–water partition coefficient (Wildman–Crippen LogP) is -2.00. The Morgan fingerprint density at radius 2 is 1.92 bits per heavy atom. The largest absolute Gasteiger partial charge is 0.480 e. The van der Waals surface area contributed by atoms with Crippen molar-refractivity contribution in [3.8, 4) is 0 Å². The maximum atomic E-state index is 10.6. The number of nitrogens with one attached hydrogen (secondary N) is 1. The van der Waals surface area contributed by atoms with Gasteiger partial charge >= 0.3 is 17.9 Å². The van der Waals surface area contributed by atoms with Crippen molar-refractivity contribution in [1.82, 2.24) is 5.32 Å². The van der Waals surface area contributed by atoms with Gasteiger partial charge in [0.05, 0.1) is 0 Å². The summed E-state index contributed by atoms with van der Waals surface area (Å²) in [6.07, 6.45) is -1.56. The average molecular weight is 175 g/mol. The number of cyclic esters (lactones) is 1. The highest BCUT2D eigenvalue weighted by Gasteiger charge is 2.42. The van der Waals surface area contributed by atoms with Crippen LogP contribution < -0.4 is 5.32 Å². The Hall–Kier alpha value is -1.63. The van der Waals surface area contributed by atoms with E-state index in [1.165, 1.54) is 0 Å². The fraction of sp³-hybridized carbons (Fsp3) is 0.400. The standard InChI is InChI=1S/C5H5NO6/c7-3(8)1-5(11)12-2(6-1)4(9)10/h1-2,6H,(H,7,8)(H,9,10). The van der Waals surface area contributed by atoms with E-state index in [1.54, 1.807) is 0 Å². The van der Waals surface area contributed by atoms with Crippen LogP contribution in [-0.4, -0.2) is 40.4 Å². The zero-order chi connectivity index (χ0) is 9.30. The molecular weight excluding hydrogens is 170 g/mol. The van der Waals surface area contributed by atoms with Crippen LogP contribution in [0.3, 0.4) is 0 Å². The molecule has 0 aromatic heterocycles. The molecular formula is C5H5NO6. The maximum absolute atomic E-state index is 10.6. The monoisotopic (exact) mass is 175 g/mol. The molecule has 0 saturated carbocycles. The molecule has 0 radical (unpaired) electrons. The zero-order valence-corrected chi connectivity index (χ0v) is 5.68. The molecule has 1 aliphatic heterocycles. The van der Waals surface area contributed by atoms with Crippen molar-refractivity contribution in [3.63, 3.8) is 0 Å².